The second-order valence-electron chi connectivity index (χ2n) is 5.25. The van der Waals surface area contributed by atoms with Crippen LogP contribution in [0.5, 0.6) is 0 Å². The van der Waals surface area contributed by atoms with Crippen LogP contribution in [0.2, 0.25) is 0 Å². The zero-order chi connectivity index (χ0) is 17.4. The number of fused-ring (bicyclic) bond motifs is 2. The Morgan fingerprint density at radius 2 is 2.08 bits per heavy atom. The van der Waals surface area contributed by atoms with Crippen LogP contribution in [0.25, 0.3) is 16.6 Å². The maximum absolute atomic E-state index is 12.3. The van der Waals surface area contributed by atoms with Gasteiger partial charge in [0.15, 0.2) is 17.0 Å². The minimum absolute atomic E-state index is 0.0139. The first-order valence-electron chi connectivity index (χ1n) is 7.36. The van der Waals surface area contributed by atoms with Gasteiger partial charge in [-0.1, -0.05) is 12.1 Å². The fourth-order valence-electron chi connectivity index (χ4n) is 2.47. The molecule has 4 rings (SSSR count). The van der Waals surface area contributed by atoms with Crippen molar-refractivity contribution in [3.8, 4) is 0 Å². The van der Waals surface area contributed by atoms with Crippen LogP contribution in [0.3, 0.4) is 0 Å². The number of amides is 1. The SMILES string of the molecule is O=C(NCc1nnc2c(=O)[nH]ccn12)c1cc(=O)c2ccccc2o1. The maximum atomic E-state index is 12.3. The number of aromatic amines is 1. The molecule has 0 fully saturated rings. The van der Waals surface area contributed by atoms with Gasteiger partial charge in [0.2, 0.25) is 5.65 Å². The summed E-state index contributed by atoms with van der Waals surface area (Å²) in [4.78, 5) is 38.4. The molecule has 0 unspecified atom stereocenters. The summed E-state index contributed by atoms with van der Waals surface area (Å²) in [5, 5.41) is 10.6. The van der Waals surface area contributed by atoms with E-state index in [9.17, 15) is 14.4 Å². The molecule has 0 radical (unpaired) electrons. The molecule has 1 aromatic carbocycles. The average molecular weight is 337 g/mol. The van der Waals surface area contributed by atoms with Gasteiger partial charge in [-0.2, -0.15) is 0 Å². The van der Waals surface area contributed by atoms with Crippen molar-refractivity contribution in [3.05, 3.63) is 74.9 Å². The smallest absolute Gasteiger partial charge is 0.293 e. The quantitative estimate of drug-likeness (QED) is 0.560. The molecule has 0 atom stereocenters. The number of para-hydroxylation sites is 1. The molecule has 124 valence electrons. The summed E-state index contributed by atoms with van der Waals surface area (Å²) in [6.45, 7) is 0.0139. The highest BCUT2D eigenvalue weighted by molar-refractivity contribution is 5.93. The standard InChI is InChI=1S/C16H11N5O4/c22-10-7-12(25-11-4-2-1-3-9(10)11)15(23)18-8-13-19-20-14-16(24)17-5-6-21(13)14/h1-7H,8H2,(H,17,24)(H,18,23). The molecule has 0 bridgehead atoms. The van der Waals surface area contributed by atoms with Gasteiger partial charge in [-0.05, 0) is 12.1 Å². The van der Waals surface area contributed by atoms with Crippen molar-refractivity contribution in [2.45, 2.75) is 6.54 Å². The lowest BCUT2D eigenvalue weighted by Gasteiger charge is -2.04. The predicted molar refractivity (Wildman–Crippen MR) is 87.3 cm³/mol. The third-order valence-corrected chi connectivity index (χ3v) is 3.67. The summed E-state index contributed by atoms with van der Waals surface area (Å²) < 4.78 is 6.94. The van der Waals surface area contributed by atoms with Crippen molar-refractivity contribution in [2.75, 3.05) is 0 Å². The molecule has 2 N–H and O–H groups in total. The number of benzene rings is 1. The largest absolute Gasteiger partial charge is 0.451 e. The Hall–Kier alpha value is -3.75. The summed E-state index contributed by atoms with van der Waals surface area (Å²) in [7, 11) is 0. The third kappa shape index (κ3) is 2.57. The van der Waals surface area contributed by atoms with Gasteiger partial charge in [-0.15, -0.1) is 10.2 Å². The van der Waals surface area contributed by atoms with Crippen LogP contribution in [-0.4, -0.2) is 25.5 Å². The molecule has 0 saturated carbocycles. The maximum Gasteiger partial charge on any atom is 0.293 e. The normalized spacial score (nSPS) is 11.0. The molecular formula is C16H11N5O4. The molecule has 0 saturated heterocycles. The highest BCUT2D eigenvalue weighted by atomic mass is 16.3. The molecule has 3 aromatic heterocycles. The number of hydrogen-bond donors (Lipinski definition) is 2. The highest BCUT2D eigenvalue weighted by Gasteiger charge is 2.14. The first kappa shape index (κ1) is 14.8. The van der Waals surface area contributed by atoms with E-state index in [1.54, 1.807) is 30.5 Å². The van der Waals surface area contributed by atoms with Crippen LogP contribution in [0.15, 0.2) is 56.7 Å². The van der Waals surface area contributed by atoms with Crippen molar-refractivity contribution in [2.24, 2.45) is 0 Å². The number of carbonyl (C=O) groups is 1. The Bertz CT molecular complexity index is 1220. The minimum atomic E-state index is -0.565. The minimum Gasteiger partial charge on any atom is -0.451 e. The monoisotopic (exact) mass is 337 g/mol. The summed E-state index contributed by atoms with van der Waals surface area (Å²) in [6.07, 6.45) is 3.03. The predicted octanol–water partition coefficient (Wildman–Crippen LogP) is 0.454. The van der Waals surface area contributed by atoms with Crippen LogP contribution in [0, 0.1) is 0 Å². The molecule has 0 aliphatic carbocycles. The fourth-order valence-corrected chi connectivity index (χ4v) is 2.47. The number of H-pyrrole nitrogens is 1. The molecule has 3 heterocycles. The van der Waals surface area contributed by atoms with Gasteiger partial charge in [0, 0.05) is 18.5 Å². The van der Waals surface area contributed by atoms with Gasteiger partial charge in [-0.3, -0.25) is 18.8 Å². The van der Waals surface area contributed by atoms with Gasteiger partial charge in [0.1, 0.15) is 5.58 Å². The van der Waals surface area contributed by atoms with Gasteiger partial charge >= 0.3 is 0 Å². The van der Waals surface area contributed by atoms with Crippen molar-refractivity contribution in [3.63, 3.8) is 0 Å². The molecule has 4 aromatic rings. The van der Waals surface area contributed by atoms with Crippen LogP contribution >= 0.6 is 0 Å². The summed E-state index contributed by atoms with van der Waals surface area (Å²) >= 11 is 0. The molecule has 0 spiro atoms. The lowest BCUT2D eigenvalue weighted by atomic mass is 10.2. The molecule has 9 nitrogen and oxygen atoms in total. The number of aromatic nitrogens is 4. The zero-order valence-corrected chi connectivity index (χ0v) is 12.7. The number of nitrogens with one attached hydrogen (secondary N) is 2. The Morgan fingerprint density at radius 1 is 1.24 bits per heavy atom. The van der Waals surface area contributed by atoms with E-state index in [1.165, 1.54) is 10.6 Å². The van der Waals surface area contributed by atoms with E-state index in [1.807, 2.05) is 0 Å². The van der Waals surface area contributed by atoms with Gasteiger partial charge in [-0.25, -0.2) is 0 Å². The van der Waals surface area contributed by atoms with Crippen LogP contribution < -0.4 is 16.3 Å². The zero-order valence-electron chi connectivity index (χ0n) is 12.7. The van der Waals surface area contributed by atoms with Crippen molar-refractivity contribution in [1.82, 2.24) is 24.9 Å². The Balaban J connectivity index is 1.61. The van der Waals surface area contributed by atoms with E-state index >= 15 is 0 Å². The Kier molecular flexibility index (Phi) is 3.38. The van der Waals surface area contributed by atoms with Crippen LogP contribution in [-0.2, 0) is 6.54 Å². The van der Waals surface area contributed by atoms with Crippen molar-refractivity contribution < 1.29 is 9.21 Å². The van der Waals surface area contributed by atoms with Crippen LogP contribution in [0.4, 0.5) is 0 Å². The Labute approximate surface area is 138 Å². The van der Waals surface area contributed by atoms with E-state index in [4.69, 9.17) is 4.42 Å². The van der Waals surface area contributed by atoms with Gasteiger partial charge < -0.3 is 14.7 Å². The topological polar surface area (TPSA) is 122 Å². The van der Waals surface area contributed by atoms with E-state index in [0.29, 0.717) is 16.8 Å². The Morgan fingerprint density at radius 3 is 2.96 bits per heavy atom. The van der Waals surface area contributed by atoms with Crippen LogP contribution in [0.1, 0.15) is 16.4 Å². The molecule has 0 aliphatic heterocycles. The second kappa shape index (κ2) is 5.71. The number of rotatable bonds is 3. The average Bonchev–Trinajstić information content (AvgIpc) is 3.04. The van der Waals surface area contributed by atoms with E-state index in [2.05, 4.69) is 20.5 Å². The molecular weight excluding hydrogens is 326 g/mol. The number of nitrogens with zero attached hydrogens (tertiary/aromatic N) is 3. The lowest BCUT2D eigenvalue weighted by molar-refractivity contribution is 0.0922. The summed E-state index contributed by atoms with van der Waals surface area (Å²) in [5.74, 6) is -0.294. The molecule has 25 heavy (non-hydrogen) atoms. The highest BCUT2D eigenvalue weighted by Crippen LogP contribution is 2.11. The summed E-state index contributed by atoms with van der Waals surface area (Å²) in [5.41, 5.74) is -0.219. The number of carbonyl (C=O) groups excluding carboxylic acids is 1. The fraction of sp³-hybridized carbons (Fsp3) is 0.0625. The molecule has 1 amide bonds. The van der Waals surface area contributed by atoms with E-state index < -0.39 is 5.91 Å². The van der Waals surface area contributed by atoms with E-state index in [-0.39, 0.29) is 28.9 Å². The van der Waals surface area contributed by atoms with Gasteiger partial charge in [0.05, 0.1) is 11.9 Å². The second-order valence-corrected chi connectivity index (χ2v) is 5.25. The third-order valence-electron chi connectivity index (χ3n) is 3.67. The molecule has 0 aliphatic rings. The lowest BCUT2D eigenvalue weighted by Crippen LogP contribution is -2.25. The first-order chi connectivity index (χ1) is 12.1. The van der Waals surface area contributed by atoms with Crippen molar-refractivity contribution >= 4 is 22.5 Å². The van der Waals surface area contributed by atoms with Gasteiger partial charge in [0.25, 0.3) is 11.5 Å². The molecule has 9 heteroatoms. The number of hydrogen-bond acceptors (Lipinski definition) is 6. The summed E-state index contributed by atoms with van der Waals surface area (Å²) in [6, 6.07) is 7.82. The van der Waals surface area contributed by atoms with Crippen molar-refractivity contribution in [1.29, 1.82) is 0 Å². The van der Waals surface area contributed by atoms with E-state index in [0.717, 1.165) is 6.07 Å². The first-order valence-corrected chi connectivity index (χ1v) is 7.36.